The molecule has 0 radical (unpaired) electrons. The first kappa shape index (κ1) is 11.2. The summed E-state index contributed by atoms with van der Waals surface area (Å²) >= 11 is 0. The third-order valence-corrected chi connectivity index (χ3v) is 2.63. The van der Waals surface area contributed by atoms with Gasteiger partial charge in [0.2, 0.25) is 0 Å². The van der Waals surface area contributed by atoms with Gasteiger partial charge < -0.3 is 4.74 Å². The maximum absolute atomic E-state index is 11.4. The fourth-order valence-electron chi connectivity index (χ4n) is 1.71. The molecule has 1 rings (SSSR count). The van der Waals surface area contributed by atoms with E-state index < -0.39 is 11.6 Å². The molecule has 0 bridgehead atoms. The number of rotatable bonds is 2. The highest BCUT2D eigenvalue weighted by atomic mass is 17.1. The molecule has 1 aliphatic carbocycles. The van der Waals surface area contributed by atoms with Gasteiger partial charge in [-0.15, -0.1) is 0 Å². The van der Waals surface area contributed by atoms with Gasteiger partial charge in [-0.05, 0) is 32.6 Å². The van der Waals surface area contributed by atoms with E-state index in [0.29, 0.717) is 12.0 Å². The molecule has 0 saturated carbocycles. The fourth-order valence-corrected chi connectivity index (χ4v) is 1.71. The van der Waals surface area contributed by atoms with E-state index in [2.05, 4.69) is 9.62 Å². The van der Waals surface area contributed by atoms with Gasteiger partial charge in [0.05, 0.1) is 12.7 Å². The van der Waals surface area contributed by atoms with Crippen molar-refractivity contribution in [1.29, 1.82) is 0 Å². The van der Waals surface area contributed by atoms with Crippen molar-refractivity contribution in [3.05, 3.63) is 11.6 Å². The molecule has 0 aromatic heterocycles. The molecule has 4 heteroatoms. The SMILES string of the molecule is COC(=O)C1=CCCCCC1(C)OO. The lowest BCUT2D eigenvalue weighted by atomic mass is 9.92. The zero-order valence-corrected chi connectivity index (χ0v) is 8.58. The molecular formula is C10H16O4. The molecule has 0 aromatic rings. The Labute approximate surface area is 83.4 Å². The smallest absolute Gasteiger partial charge is 0.336 e. The van der Waals surface area contributed by atoms with E-state index in [9.17, 15) is 4.79 Å². The molecule has 1 N–H and O–H groups in total. The average Bonchev–Trinajstić information content (AvgIpc) is 2.40. The summed E-state index contributed by atoms with van der Waals surface area (Å²) in [5, 5.41) is 8.84. The van der Waals surface area contributed by atoms with Crippen LogP contribution in [0.3, 0.4) is 0 Å². The number of hydrogen-bond donors (Lipinski definition) is 1. The van der Waals surface area contributed by atoms with Gasteiger partial charge in [0.15, 0.2) is 0 Å². The molecule has 0 aromatic carbocycles. The summed E-state index contributed by atoms with van der Waals surface area (Å²) < 4.78 is 4.64. The van der Waals surface area contributed by atoms with Crippen molar-refractivity contribution >= 4 is 5.97 Å². The van der Waals surface area contributed by atoms with Crippen LogP contribution in [-0.4, -0.2) is 23.9 Å². The molecule has 1 atom stereocenters. The van der Waals surface area contributed by atoms with E-state index in [0.717, 1.165) is 19.3 Å². The largest absolute Gasteiger partial charge is 0.466 e. The zero-order valence-electron chi connectivity index (χ0n) is 8.58. The van der Waals surface area contributed by atoms with Gasteiger partial charge in [0.1, 0.15) is 5.60 Å². The van der Waals surface area contributed by atoms with E-state index in [4.69, 9.17) is 5.26 Å². The van der Waals surface area contributed by atoms with Crippen molar-refractivity contribution in [3.8, 4) is 0 Å². The molecule has 0 aliphatic heterocycles. The first-order valence-electron chi connectivity index (χ1n) is 4.75. The van der Waals surface area contributed by atoms with E-state index in [-0.39, 0.29) is 0 Å². The first-order valence-corrected chi connectivity index (χ1v) is 4.75. The Kier molecular flexibility index (Phi) is 3.66. The second-order valence-corrected chi connectivity index (χ2v) is 3.68. The van der Waals surface area contributed by atoms with Crippen LogP contribution in [0.25, 0.3) is 0 Å². The number of carbonyl (C=O) groups excluding carboxylic acids is 1. The van der Waals surface area contributed by atoms with E-state index in [1.54, 1.807) is 13.0 Å². The maximum Gasteiger partial charge on any atom is 0.336 e. The highest BCUT2D eigenvalue weighted by Gasteiger charge is 2.36. The van der Waals surface area contributed by atoms with Crippen LogP contribution in [0.15, 0.2) is 11.6 Å². The normalized spacial score (nSPS) is 27.8. The number of ether oxygens (including phenoxy) is 1. The number of methoxy groups -OCH3 is 1. The van der Waals surface area contributed by atoms with Gasteiger partial charge in [-0.1, -0.05) is 6.08 Å². The second kappa shape index (κ2) is 4.57. The molecular weight excluding hydrogens is 184 g/mol. The molecule has 4 nitrogen and oxygen atoms in total. The third kappa shape index (κ3) is 2.13. The van der Waals surface area contributed by atoms with Crippen molar-refractivity contribution in [1.82, 2.24) is 0 Å². The Bertz CT molecular complexity index is 247. The molecule has 0 spiro atoms. The molecule has 14 heavy (non-hydrogen) atoms. The Morgan fingerprint density at radius 2 is 2.29 bits per heavy atom. The predicted octanol–water partition coefficient (Wildman–Crippen LogP) is 1.91. The molecule has 0 fully saturated rings. The minimum absolute atomic E-state index is 0.417. The van der Waals surface area contributed by atoms with E-state index in [1.165, 1.54) is 7.11 Å². The summed E-state index contributed by atoms with van der Waals surface area (Å²) in [7, 11) is 1.33. The summed E-state index contributed by atoms with van der Waals surface area (Å²) in [6.45, 7) is 1.70. The Morgan fingerprint density at radius 3 is 2.86 bits per heavy atom. The van der Waals surface area contributed by atoms with Crippen LogP contribution in [0.2, 0.25) is 0 Å². The van der Waals surface area contributed by atoms with Crippen molar-refractivity contribution in [2.75, 3.05) is 7.11 Å². The van der Waals surface area contributed by atoms with Crippen molar-refractivity contribution < 1.29 is 19.7 Å². The van der Waals surface area contributed by atoms with Gasteiger partial charge in [-0.25, -0.2) is 9.68 Å². The molecule has 0 heterocycles. The van der Waals surface area contributed by atoms with Gasteiger partial charge in [0, 0.05) is 0 Å². The monoisotopic (exact) mass is 200 g/mol. The van der Waals surface area contributed by atoms with Crippen LogP contribution >= 0.6 is 0 Å². The third-order valence-electron chi connectivity index (χ3n) is 2.63. The Morgan fingerprint density at radius 1 is 1.57 bits per heavy atom. The summed E-state index contributed by atoms with van der Waals surface area (Å²) in [6.07, 6.45) is 5.16. The molecule has 1 aliphatic rings. The van der Waals surface area contributed by atoms with Gasteiger partial charge in [0.25, 0.3) is 0 Å². The quantitative estimate of drug-likeness (QED) is 0.420. The van der Waals surface area contributed by atoms with Gasteiger partial charge >= 0.3 is 5.97 Å². The predicted molar refractivity (Wildman–Crippen MR) is 50.7 cm³/mol. The molecule has 0 saturated heterocycles. The van der Waals surface area contributed by atoms with Crippen LogP contribution in [0.5, 0.6) is 0 Å². The number of allylic oxidation sites excluding steroid dienone is 1. The molecule has 0 amide bonds. The zero-order chi connectivity index (χ0) is 10.6. The minimum Gasteiger partial charge on any atom is -0.466 e. The topological polar surface area (TPSA) is 55.8 Å². The van der Waals surface area contributed by atoms with Crippen LogP contribution in [0.1, 0.15) is 32.6 Å². The van der Waals surface area contributed by atoms with Gasteiger partial charge in [-0.3, -0.25) is 5.26 Å². The van der Waals surface area contributed by atoms with Crippen LogP contribution < -0.4 is 0 Å². The lowest BCUT2D eigenvalue weighted by Gasteiger charge is -2.25. The highest BCUT2D eigenvalue weighted by molar-refractivity contribution is 5.90. The minimum atomic E-state index is -0.913. The summed E-state index contributed by atoms with van der Waals surface area (Å²) in [4.78, 5) is 15.8. The van der Waals surface area contributed by atoms with Crippen molar-refractivity contribution in [2.45, 2.75) is 38.2 Å². The van der Waals surface area contributed by atoms with E-state index in [1.807, 2.05) is 0 Å². The fraction of sp³-hybridized carbons (Fsp3) is 0.700. The lowest BCUT2D eigenvalue weighted by molar-refractivity contribution is -0.307. The average molecular weight is 200 g/mol. The number of hydrogen-bond acceptors (Lipinski definition) is 4. The number of esters is 1. The lowest BCUT2D eigenvalue weighted by Crippen LogP contribution is -2.34. The summed E-state index contributed by atoms with van der Waals surface area (Å²) in [5.74, 6) is -0.427. The van der Waals surface area contributed by atoms with E-state index >= 15 is 0 Å². The maximum atomic E-state index is 11.4. The summed E-state index contributed by atoms with van der Waals surface area (Å²) in [5.41, 5.74) is -0.496. The van der Waals surface area contributed by atoms with Gasteiger partial charge in [-0.2, -0.15) is 0 Å². The molecule has 80 valence electrons. The van der Waals surface area contributed by atoms with Crippen molar-refractivity contribution in [2.24, 2.45) is 0 Å². The van der Waals surface area contributed by atoms with Crippen molar-refractivity contribution in [3.63, 3.8) is 0 Å². The Hall–Kier alpha value is -0.870. The second-order valence-electron chi connectivity index (χ2n) is 3.68. The summed E-state index contributed by atoms with van der Waals surface area (Å²) in [6, 6.07) is 0. The standard InChI is InChI=1S/C10H16O4/c1-10(14-12)7-5-3-4-6-8(10)9(11)13-2/h6,12H,3-5,7H2,1-2H3. The number of carbonyl (C=O) groups is 1. The highest BCUT2D eigenvalue weighted by Crippen LogP contribution is 2.31. The first-order chi connectivity index (χ1) is 6.64. The van der Waals surface area contributed by atoms with Crippen LogP contribution in [0.4, 0.5) is 0 Å². The molecule has 1 unspecified atom stereocenters. The van der Waals surface area contributed by atoms with Crippen LogP contribution in [0, 0.1) is 0 Å². The van der Waals surface area contributed by atoms with Crippen LogP contribution in [-0.2, 0) is 14.4 Å². The Balaban J connectivity index is 2.94.